The predicted octanol–water partition coefficient (Wildman–Crippen LogP) is 4.94. The highest BCUT2D eigenvalue weighted by molar-refractivity contribution is 7.11. The molecule has 0 radical (unpaired) electrons. The Morgan fingerprint density at radius 1 is 1.14 bits per heavy atom. The summed E-state index contributed by atoms with van der Waals surface area (Å²) in [5.41, 5.74) is 5.34. The zero-order chi connectivity index (χ0) is 24.2. The SMILES string of the molecule is CCOC(=O)c1cccc(C2=C(CNC(=O)c3nccs3)[C@H]3CC[C@@H](C2)N3Cc2ccccc2)c1. The Labute approximate surface area is 209 Å². The van der Waals surface area contributed by atoms with Gasteiger partial charge in [-0.15, -0.1) is 11.3 Å². The van der Waals surface area contributed by atoms with Crippen molar-refractivity contribution in [3.8, 4) is 0 Å². The molecule has 2 aliphatic heterocycles. The maximum Gasteiger partial charge on any atom is 0.338 e. The van der Waals surface area contributed by atoms with E-state index in [4.69, 9.17) is 4.74 Å². The van der Waals surface area contributed by atoms with Crippen LogP contribution in [0.1, 0.15) is 57.5 Å². The van der Waals surface area contributed by atoms with Crippen LogP contribution in [0.15, 0.2) is 71.7 Å². The van der Waals surface area contributed by atoms with Crippen molar-refractivity contribution in [2.75, 3.05) is 13.2 Å². The van der Waals surface area contributed by atoms with Crippen molar-refractivity contribution in [2.24, 2.45) is 0 Å². The second-order valence-electron chi connectivity index (χ2n) is 8.93. The average molecular weight is 488 g/mol. The first kappa shape index (κ1) is 23.5. The van der Waals surface area contributed by atoms with Crippen LogP contribution >= 0.6 is 11.3 Å². The number of amides is 1. The standard InChI is InChI=1S/C28H29N3O3S/c1-2-34-28(33)21-10-6-9-20(15-21)23-16-22-11-12-25(31(22)18-19-7-4-3-5-8-19)24(23)17-30-26(32)27-29-13-14-35-27/h3-10,13-15,22,25H,2,11-12,16-18H2,1H3,(H,30,32)/t22-,25+/m0/s1. The number of thiazole rings is 1. The Morgan fingerprint density at radius 3 is 2.77 bits per heavy atom. The number of aromatic nitrogens is 1. The van der Waals surface area contributed by atoms with E-state index in [0.717, 1.165) is 31.4 Å². The van der Waals surface area contributed by atoms with Gasteiger partial charge in [0.25, 0.3) is 5.91 Å². The summed E-state index contributed by atoms with van der Waals surface area (Å²) in [6, 6.07) is 18.9. The first-order valence-corrected chi connectivity index (χ1v) is 13.0. The van der Waals surface area contributed by atoms with Gasteiger partial charge in [0.05, 0.1) is 12.2 Å². The third-order valence-electron chi connectivity index (χ3n) is 6.87. The van der Waals surface area contributed by atoms with E-state index in [1.165, 1.54) is 28.0 Å². The molecule has 6 nitrogen and oxygen atoms in total. The second kappa shape index (κ2) is 10.5. The fourth-order valence-electron chi connectivity index (χ4n) is 5.29. The fraction of sp³-hybridized carbons (Fsp3) is 0.321. The Bertz CT molecular complexity index is 1220. The van der Waals surface area contributed by atoms with Gasteiger partial charge >= 0.3 is 5.97 Å². The zero-order valence-electron chi connectivity index (χ0n) is 19.8. The van der Waals surface area contributed by atoms with E-state index in [9.17, 15) is 9.59 Å². The molecule has 1 fully saturated rings. The molecule has 2 aromatic carbocycles. The molecule has 1 saturated heterocycles. The van der Waals surface area contributed by atoms with Crippen LogP contribution in [0.25, 0.3) is 5.57 Å². The summed E-state index contributed by atoms with van der Waals surface area (Å²) in [6.45, 7) is 3.50. The van der Waals surface area contributed by atoms with Crippen molar-refractivity contribution < 1.29 is 14.3 Å². The molecule has 0 spiro atoms. The van der Waals surface area contributed by atoms with Crippen LogP contribution in [0, 0.1) is 0 Å². The van der Waals surface area contributed by atoms with Gasteiger partial charge in [0.15, 0.2) is 5.01 Å². The highest BCUT2D eigenvalue weighted by Crippen LogP contribution is 2.43. The molecule has 1 aromatic heterocycles. The number of ether oxygens (including phenoxy) is 1. The molecule has 180 valence electrons. The number of nitrogens with zero attached hydrogens (tertiary/aromatic N) is 2. The number of hydrogen-bond donors (Lipinski definition) is 1. The van der Waals surface area contributed by atoms with E-state index in [-0.39, 0.29) is 17.9 Å². The van der Waals surface area contributed by atoms with Gasteiger partial charge in [-0.05, 0) is 60.6 Å². The van der Waals surface area contributed by atoms with Crippen molar-refractivity contribution >= 4 is 28.8 Å². The number of rotatable bonds is 8. The molecule has 0 unspecified atom stereocenters. The Balaban J connectivity index is 1.48. The molecule has 5 rings (SSSR count). The lowest BCUT2D eigenvalue weighted by atomic mass is 9.87. The fourth-order valence-corrected chi connectivity index (χ4v) is 5.85. The predicted molar refractivity (Wildman–Crippen MR) is 137 cm³/mol. The third-order valence-corrected chi connectivity index (χ3v) is 7.64. The number of carbonyl (C=O) groups is 2. The molecule has 1 amide bonds. The second-order valence-corrected chi connectivity index (χ2v) is 9.83. The molecule has 0 saturated carbocycles. The minimum atomic E-state index is -0.307. The molecular weight excluding hydrogens is 458 g/mol. The zero-order valence-corrected chi connectivity index (χ0v) is 20.6. The van der Waals surface area contributed by atoms with Gasteiger partial charge in [0.2, 0.25) is 0 Å². The number of hydrogen-bond acceptors (Lipinski definition) is 6. The van der Waals surface area contributed by atoms with Gasteiger partial charge in [-0.2, -0.15) is 0 Å². The van der Waals surface area contributed by atoms with Crippen molar-refractivity contribution in [1.29, 1.82) is 0 Å². The van der Waals surface area contributed by atoms with Crippen molar-refractivity contribution in [1.82, 2.24) is 15.2 Å². The minimum absolute atomic E-state index is 0.151. The molecule has 7 heteroatoms. The van der Waals surface area contributed by atoms with E-state index in [2.05, 4.69) is 45.5 Å². The van der Waals surface area contributed by atoms with Crippen molar-refractivity contribution in [2.45, 2.75) is 44.8 Å². The van der Waals surface area contributed by atoms with Crippen LogP contribution in [0.4, 0.5) is 0 Å². The molecular formula is C28H29N3O3S. The Kier molecular flexibility index (Phi) is 7.06. The molecule has 3 aromatic rings. The summed E-state index contributed by atoms with van der Waals surface area (Å²) < 4.78 is 5.23. The number of fused-ring (bicyclic) bond motifs is 2. The maximum absolute atomic E-state index is 12.7. The Hall–Kier alpha value is -3.29. The maximum atomic E-state index is 12.7. The van der Waals surface area contributed by atoms with Gasteiger partial charge in [-0.25, -0.2) is 9.78 Å². The van der Waals surface area contributed by atoms with Crippen LogP contribution in [-0.4, -0.2) is 47.0 Å². The third kappa shape index (κ3) is 5.06. The highest BCUT2D eigenvalue weighted by Gasteiger charge is 2.41. The van der Waals surface area contributed by atoms with Crippen LogP contribution in [0.2, 0.25) is 0 Å². The van der Waals surface area contributed by atoms with Crippen LogP contribution in [0.5, 0.6) is 0 Å². The van der Waals surface area contributed by atoms with Gasteiger partial charge < -0.3 is 10.1 Å². The first-order chi connectivity index (χ1) is 17.1. The molecule has 2 atom stereocenters. The monoisotopic (exact) mass is 487 g/mol. The normalized spacial score (nSPS) is 19.6. The molecule has 2 aliphatic rings. The Morgan fingerprint density at radius 2 is 2.00 bits per heavy atom. The number of nitrogens with one attached hydrogen (secondary N) is 1. The van der Waals surface area contributed by atoms with E-state index in [1.807, 2.05) is 30.5 Å². The average Bonchev–Trinajstić information content (AvgIpc) is 3.51. The summed E-state index contributed by atoms with van der Waals surface area (Å²) in [4.78, 5) is 31.9. The van der Waals surface area contributed by atoms with Crippen LogP contribution in [0.3, 0.4) is 0 Å². The van der Waals surface area contributed by atoms with Gasteiger partial charge in [-0.3, -0.25) is 9.69 Å². The van der Waals surface area contributed by atoms with E-state index in [1.54, 1.807) is 12.3 Å². The molecule has 1 N–H and O–H groups in total. The van der Waals surface area contributed by atoms with Crippen LogP contribution in [-0.2, 0) is 11.3 Å². The smallest absolute Gasteiger partial charge is 0.338 e. The largest absolute Gasteiger partial charge is 0.462 e. The molecule has 3 heterocycles. The molecule has 2 bridgehead atoms. The van der Waals surface area contributed by atoms with E-state index in [0.29, 0.717) is 29.8 Å². The first-order valence-electron chi connectivity index (χ1n) is 12.1. The quantitative estimate of drug-likeness (QED) is 0.456. The minimum Gasteiger partial charge on any atom is -0.462 e. The molecule has 0 aliphatic carbocycles. The summed E-state index contributed by atoms with van der Waals surface area (Å²) in [5, 5.41) is 5.39. The van der Waals surface area contributed by atoms with E-state index < -0.39 is 0 Å². The topological polar surface area (TPSA) is 71.5 Å². The summed E-state index contributed by atoms with van der Waals surface area (Å²) in [5.74, 6) is -0.458. The van der Waals surface area contributed by atoms with Crippen molar-refractivity contribution in [3.05, 3.63) is 93.4 Å². The van der Waals surface area contributed by atoms with E-state index >= 15 is 0 Å². The lowest BCUT2D eigenvalue weighted by molar-refractivity contribution is 0.0526. The summed E-state index contributed by atoms with van der Waals surface area (Å²) in [7, 11) is 0. The number of esters is 1. The highest BCUT2D eigenvalue weighted by atomic mass is 32.1. The van der Waals surface area contributed by atoms with Gasteiger partial charge in [0, 0.05) is 36.8 Å². The van der Waals surface area contributed by atoms with Crippen molar-refractivity contribution in [3.63, 3.8) is 0 Å². The van der Waals surface area contributed by atoms with Crippen LogP contribution < -0.4 is 5.32 Å². The van der Waals surface area contributed by atoms with Gasteiger partial charge in [0.1, 0.15) is 0 Å². The molecule has 35 heavy (non-hydrogen) atoms. The lowest BCUT2D eigenvalue weighted by Crippen LogP contribution is -2.43. The number of carbonyl (C=O) groups excluding carboxylic acids is 2. The lowest BCUT2D eigenvalue weighted by Gasteiger charge is -2.38. The number of benzene rings is 2. The summed E-state index contributed by atoms with van der Waals surface area (Å²) >= 11 is 1.34. The summed E-state index contributed by atoms with van der Waals surface area (Å²) in [6.07, 6.45) is 4.70. The van der Waals surface area contributed by atoms with Gasteiger partial charge in [-0.1, -0.05) is 42.5 Å².